The Hall–Kier alpha value is -2.15. The molecule has 0 aliphatic heterocycles. The fourth-order valence-electron chi connectivity index (χ4n) is 1.84. The van der Waals surface area contributed by atoms with Gasteiger partial charge in [0.05, 0.1) is 12.1 Å². The Kier molecular flexibility index (Phi) is 8.18. The van der Waals surface area contributed by atoms with Crippen LogP contribution >= 0.6 is 0 Å². The Balaban J connectivity index is 2.35. The highest BCUT2D eigenvalue weighted by Gasteiger charge is 2.17. The van der Waals surface area contributed by atoms with Crippen molar-refractivity contribution in [2.24, 2.45) is 4.99 Å². The summed E-state index contributed by atoms with van der Waals surface area (Å²) in [6.07, 6.45) is 2.49. The SMILES string of the molecule is CN=C(NCC(=O)N(C)CCc1ccccn1)NCC(C)(C)OC. The number of hydrogen-bond acceptors (Lipinski definition) is 4. The first-order valence-electron chi connectivity index (χ1n) is 8.01. The number of methoxy groups -OCH3 is 1. The Morgan fingerprint density at radius 3 is 2.71 bits per heavy atom. The summed E-state index contributed by atoms with van der Waals surface area (Å²) in [7, 11) is 5.12. The number of aliphatic imine (C=N–C) groups is 1. The number of nitrogens with one attached hydrogen (secondary N) is 2. The van der Waals surface area contributed by atoms with Crippen LogP contribution in [-0.2, 0) is 16.0 Å². The lowest BCUT2D eigenvalue weighted by Gasteiger charge is -2.24. The van der Waals surface area contributed by atoms with Crippen molar-refractivity contribution >= 4 is 11.9 Å². The van der Waals surface area contributed by atoms with Gasteiger partial charge in [-0.3, -0.25) is 14.8 Å². The molecule has 0 saturated heterocycles. The van der Waals surface area contributed by atoms with E-state index in [1.54, 1.807) is 32.3 Å². The van der Waals surface area contributed by atoms with Crippen LogP contribution < -0.4 is 10.6 Å². The third kappa shape index (κ3) is 7.41. The largest absolute Gasteiger partial charge is 0.377 e. The number of nitrogens with zero attached hydrogens (tertiary/aromatic N) is 3. The molecule has 0 aliphatic rings. The van der Waals surface area contributed by atoms with Gasteiger partial charge in [-0.25, -0.2) is 0 Å². The van der Waals surface area contributed by atoms with Crippen molar-refractivity contribution < 1.29 is 9.53 Å². The van der Waals surface area contributed by atoms with E-state index in [9.17, 15) is 4.79 Å². The molecule has 7 nitrogen and oxygen atoms in total. The van der Waals surface area contributed by atoms with E-state index in [-0.39, 0.29) is 18.1 Å². The summed E-state index contributed by atoms with van der Waals surface area (Å²) in [5.41, 5.74) is 0.672. The molecular formula is C17H29N5O2. The summed E-state index contributed by atoms with van der Waals surface area (Å²) >= 11 is 0. The van der Waals surface area contributed by atoms with Crippen LogP contribution in [0.5, 0.6) is 0 Å². The third-order valence-corrected chi connectivity index (χ3v) is 3.72. The molecule has 1 amide bonds. The minimum absolute atomic E-state index is 0.000108. The van der Waals surface area contributed by atoms with Crippen LogP contribution in [0.3, 0.4) is 0 Å². The minimum Gasteiger partial charge on any atom is -0.377 e. The molecule has 0 atom stereocenters. The van der Waals surface area contributed by atoms with Gasteiger partial charge < -0.3 is 20.3 Å². The molecule has 7 heteroatoms. The zero-order valence-electron chi connectivity index (χ0n) is 15.3. The summed E-state index contributed by atoms with van der Waals surface area (Å²) in [5, 5.41) is 6.17. The first-order chi connectivity index (χ1) is 11.4. The molecule has 24 heavy (non-hydrogen) atoms. The van der Waals surface area contributed by atoms with Crippen LogP contribution in [0, 0.1) is 0 Å². The summed E-state index contributed by atoms with van der Waals surface area (Å²) in [4.78, 5) is 22.2. The summed E-state index contributed by atoms with van der Waals surface area (Å²) in [5.74, 6) is 0.575. The number of pyridine rings is 1. The van der Waals surface area contributed by atoms with Crippen molar-refractivity contribution in [3.63, 3.8) is 0 Å². The van der Waals surface area contributed by atoms with E-state index in [4.69, 9.17) is 4.74 Å². The molecule has 1 heterocycles. The summed E-state index contributed by atoms with van der Waals surface area (Å²) < 4.78 is 5.34. The number of ether oxygens (including phenoxy) is 1. The molecule has 0 unspecified atom stereocenters. The standard InChI is InChI=1S/C17H29N5O2/c1-17(2,24-5)13-21-16(18-3)20-12-15(23)22(4)11-9-14-8-6-7-10-19-14/h6-8,10H,9,11-13H2,1-5H3,(H2,18,20,21). The monoisotopic (exact) mass is 335 g/mol. The second-order valence-electron chi connectivity index (χ2n) is 6.13. The second kappa shape index (κ2) is 9.87. The van der Waals surface area contributed by atoms with Gasteiger partial charge in [0.15, 0.2) is 5.96 Å². The van der Waals surface area contributed by atoms with Gasteiger partial charge in [-0.05, 0) is 26.0 Å². The van der Waals surface area contributed by atoms with E-state index in [1.807, 2.05) is 32.0 Å². The highest BCUT2D eigenvalue weighted by Crippen LogP contribution is 2.04. The van der Waals surface area contributed by atoms with Crippen LogP contribution in [0.1, 0.15) is 19.5 Å². The maximum Gasteiger partial charge on any atom is 0.241 e. The van der Waals surface area contributed by atoms with E-state index < -0.39 is 0 Å². The third-order valence-electron chi connectivity index (χ3n) is 3.72. The first-order valence-corrected chi connectivity index (χ1v) is 8.01. The second-order valence-corrected chi connectivity index (χ2v) is 6.13. The van der Waals surface area contributed by atoms with Gasteiger partial charge in [-0.1, -0.05) is 6.07 Å². The molecule has 0 bridgehead atoms. The molecule has 0 saturated carbocycles. The highest BCUT2D eigenvalue weighted by atomic mass is 16.5. The molecule has 0 aromatic carbocycles. The molecule has 0 spiro atoms. The van der Waals surface area contributed by atoms with Gasteiger partial charge in [0.1, 0.15) is 0 Å². The van der Waals surface area contributed by atoms with Crippen LogP contribution in [-0.4, -0.2) is 68.2 Å². The van der Waals surface area contributed by atoms with Gasteiger partial charge >= 0.3 is 0 Å². The Labute approximate surface area is 144 Å². The van der Waals surface area contributed by atoms with Gasteiger partial charge in [0.2, 0.25) is 5.91 Å². The maximum absolute atomic E-state index is 12.2. The van der Waals surface area contributed by atoms with E-state index in [1.165, 1.54) is 0 Å². The fourth-order valence-corrected chi connectivity index (χ4v) is 1.84. The normalized spacial score (nSPS) is 12.0. The predicted octanol–water partition coefficient (Wildman–Crippen LogP) is 0.673. The lowest BCUT2D eigenvalue weighted by Crippen LogP contribution is -2.48. The van der Waals surface area contributed by atoms with Gasteiger partial charge in [-0.15, -0.1) is 0 Å². The van der Waals surface area contributed by atoms with Crippen molar-refractivity contribution in [2.45, 2.75) is 25.9 Å². The van der Waals surface area contributed by atoms with Crippen molar-refractivity contribution in [1.29, 1.82) is 0 Å². The fraction of sp³-hybridized carbons (Fsp3) is 0.588. The zero-order chi connectivity index (χ0) is 18.0. The first kappa shape index (κ1) is 19.9. The smallest absolute Gasteiger partial charge is 0.241 e. The van der Waals surface area contributed by atoms with Crippen molar-refractivity contribution in [1.82, 2.24) is 20.5 Å². The van der Waals surface area contributed by atoms with E-state index >= 15 is 0 Å². The number of carbonyl (C=O) groups is 1. The Morgan fingerprint density at radius 2 is 2.12 bits per heavy atom. The molecule has 1 aromatic rings. The summed E-state index contributed by atoms with van der Waals surface area (Å²) in [6.45, 7) is 5.35. The van der Waals surface area contributed by atoms with Crippen LogP contribution in [0.25, 0.3) is 0 Å². The molecule has 0 radical (unpaired) electrons. The molecule has 1 rings (SSSR count). The molecule has 0 fully saturated rings. The van der Waals surface area contributed by atoms with Crippen molar-refractivity contribution in [3.8, 4) is 0 Å². The lowest BCUT2D eigenvalue weighted by atomic mass is 10.1. The number of rotatable bonds is 8. The number of amides is 1. The minimum atomic E-state index is -0.304. The van der Waals surface area contributed by atoms with E-state index in [0.29, 0.717) is 19.0 Å². The number of aromatic nitrogens is 1. The molecule has 2 N–H and O–H groups in total. The maximum atomic E-state index is 12.2. The summed E-state index contributed by atoms with van der Waals surface area (Å²) in [6, 6.07) is 5.79. The van der Waals surface area contributed by atoms with Gasteiger partial charge in [0.25, 0.3) is 0 Å². The number of carbonyl (C=O) groups excluding carboxylic acids is 1. The topological polar surface area (TPSA) is 78.9 Å². The van der Waals surface area contributed by atoms with Crippen molar-refractivity contribution in [2.75, 3.05) is 40.8 Å². The average molecular weight is 335 g/mol. The van der Waals surface area contributed by atoms with E-state index in [2.05, 4.69) is 20.6 Å². The molecule has 134 valence electrons. The highest BCUT2D eigenvalue weighted by molar-refractivity contribution is 5.86. The van der Waals surface area contributed by atoms with Crippen LogP contribution in [0.15, 0.2) is 29.4 Å². The lowest BCUT2D eigenvalue weighted by molar-refractivity contribution is -0.128. The number of likely N-dealkylation sites (N-methyl/N-ethyl adjacent to an activating group) is 1. The molecule has 1 aromatic heterocycles. The van der Waals surface area contributed by atoms with Gasteiger partial charge in [-0.2, -0.15) is 0 Å². The average Bonchev–Trinajstić information content (AvgIpc) is 2.60. The van der Waals surface area contributed by atoms with E-state index in [0.717, 1.165) is 12.1 Å². The van der Waals surface area contributed by atoms with Gasteiger partial charge in [0, 0.05) is 52.6 Å². The Morgan fingerprint density at radius 1 is 1.38 bits per heavy atom. The quantitative estimate of drug-likeness (QED) is 0.539. The number of hydrogen-bond donors (Lipinski definition) is 2. The van der Waals surface area contributed by atoms with Crippen molar-refractivity contribution in [3.05, 3.63) is 30.1 Å². The zero-order valence-corrected chi connectivity index (χ0v) is 15.3. The molecule has 0 aliphatic carbocycles. The van der Waals surface area contributed by atoms with Crippen LogP contribution in [0.2, 0.25) is 0 Å². The number of guanidine groups is 1. The molecular weight excluding hydrogens is 306 g/mol. The van der Waals surface area contributed by atoms with Crippen LogP contribution in [0.4, 0.5) is 0 Å². The predicted molar refractivity (Wildman–Crippen MR) is 96.0 cm³/mol. The Bertz CT molecular complexity index is 531.